The van der Waals surface area contributed by atoms with E-state index in [0.29, 0.717) is 12.0 Å². The first-order valence-electron chi connectivity index (χ1n) is 7.16. The van der Waals surface area contributed by atoms with Gasteiger partial charge in [-0.25, -0.2) is 0 Å². The van der Waals surface area contributed by atoms with Crippen molar-refractivity contribution in [2.45, 2.75) is 46.1 Å². The zero-order chi connectivity index (χ0) is 13.4. The van der Waals surface area contributed by atoms with Crippen molar-refractivity contribution in [2.24, 2.45) is 16.8 Å². The lowest BCUT2D eigenvalue weighted by atomic mass is 10.0. The number of ether oxygens (including phenoxy) is 1. The molecule has 0 bridgehead atoms. The van der Waals surface area contributed by atoms with Crippen molar-refractivity contribution >= 4 is 5.96 Å². The quantitative estimate of drug-likeness (QED) is 0.564. The summed E-state index contributed by atoms with van der Waals surface area (Å²) in [5, 5.41) is 6.83. The standard InChI is InChI=1S/C14H29N3O/c1-11(2)5-6-12(3)17-14(15-4)16-9-13-7-8-18-10-13/h11-13H,5-10H2,1-4H3,(H2,15,16,17). The number of aliphatic imine (C=N–C) groups is 1. The first-order valence-corrected chi connectivity index (χ1v) is 7.16. The van der Waals surface area contributed by atoms with Gasteiger partial charge in [0.2, 0.25) is 0 Å². The van der Waals surface area contributed by atoms with E-state index in [2.05, 4.69) is 36.4 Å². The van der Waals surface area contributed by atoms with E-state index in [1.165, 1.54) is 12.8 Å². The summed E-state index contributed by atoms with van der Waals surface area (Å²) in [7, 11) is 1.83. The predicted molar refractivity (Wildman–Crippen MR) is 77.0 cm³/mol. The maximum absolute atomic E-state index is 5.37. The first-order chi connectivity index (χ1) is 8.61. The Hall–Kier alpha value is -0.770. The molecule has 0 aromatic heterocycles. The Morgan fingerprint density at radius 1 is 1.33 bits per heavy atom. The lowest BCUT2D eigenvalue weighted by molar-refractivity contribution is 0.186. The molecule has 2 unspecified atom stereocenters. The van der Waals surface area contributed by atoms with Gasteiger partial charge in [-0.05, 0) is 32.1 Å². The molecule has 1 heterocycles. The maximum Gasteiger partial charge on any atom is 0.191 e. The molecular weight excluding hydrogens is 226 g/mol. The van der Waals surface area contributed by atoms with Crippen LogP contribution in [-0.4, -0.2) is 38.8 Å². The lowest BCUT2D eigenvalue weighted by Gasteiger charge is -2.19. The molecule has 106 valence electrons. The number of guanidine groups is 1. The van der Waals surface area contributed by atoms with Crippen molar-refractivity contribution in [1.29, 1.82) is 0 Å². The highest BCUT2D eigenvalue weighted by molar-refractivity contribution is 5.79. The van der Waals surface area contributed by atoms with Crippen LogP contribution >= 0.6 is 0 Å². The molecule has 2 N–H and O–H groups in total. The molecule has 4 heteroatoms. The zero-order valence-corrected chi connectivity index (χ0v) is 12.3. The molecule has 1 fully saturated rings. The lowest BCUT2D eigenvalue weighted by Crippen LogP contribution is -2.44. The molecule has 0 amide bonds. The summed E-state index contributed by atoms with van der Waals surface area (Å²) in [6, 6.07) is 0.471. The average molecular weight is 255 g/mol. The normalized spacial score (nSPS) is 22.3. The van der Waals surface area contributed by atoms with Gasteiger partial charge in [0.1, 0.15) is 0 Å². The van der Waals surface area contributed by atoms with E-state index in [0.717, 1.165) is 38.1 Å². The largest absolute Gasteiger partial charge is 0.381 e. The van der Waals surface area contributed by atoms with Crippen LogP contribution in [0.15, 0.2) is 4.99 Å². The molecule has 18 heavy (non-hydrogen) atoms. The second kappa shape index (κ2) is 8.35. The monoisotopic (exact) mass is 255 g/mol. The Labute approximate surface area is 112 Å². The summed E-state index contributed by atoms with van der Waals surface area (Å²) >= 11 is 0. The third-order valence-corrected chi connectivity index (χ3v) is 3.37. The fourth-order valence-electron chi connectivity index (χ4n) is 2.07. The number of hydrogen-bond donors (Lipinski definition) is 2. The van der Waals surface area contributed by atoms with Crippen molar-refractivity contribution in [3.63, 3.8) is 0 Å². The van der Waals surface area contributed by atoms with Gasteiger partial charge in [-0.3, -0.25) is 4.99 Å². The van der Waals surface area contributed by atoms with Crippen LogP contribution in [0.2, 0.25) is 0 Å². The van der Waals surface area contributed by atoms with Crippen molar-refractivity contribution in [3.8, 4) is 0 Å². The van der Waals surface area contributed by atoms with Crippen LogP contribution in [0.3, 0.4) is 0 Å². The van der Waals surface area contributed by atoms with Crippen LogP contribution in [0.4, 0.5) is 0 Å². The second-order valence-electron chi connectivity index (χ2n) is 5.70. The number of nitrogens with zero attached hydrogens (tertiary/aromatic N) is 1. The minimum atomic E-state index is 0.471. The summed E-state index contributed by atoms with van der Waals surface area (Å²) in [5.41, 5.74) is 0. The molecule has 4 nitrogen and oxygen atoms in total. The van der Waals surface area contributed by atoms with Gasteiger partial charge in [0, 0.05) is 32.2 Å². The summed E-state index contributed by atoms with van der Waals surface area (Å²) < 4.78 is 5.37. The highest BCUT2D eigenvalue weighted by atomic mass is 16.5. The predicted octanol–water partition coefficient (Wildman–Crippen LogP) is 2.01. The van der Waals surface area contributed by atoms with E-state index in [-0.39, 0.29) is 0 Å². The molecule has 0 aromatic rings. The van der Waals surface area contributed by atoms with Crippen LogP contribution in [0.5, 0.6) is 0 Å². The van der Waals surface area contributed by atoms with Crippen molar-refractivity contribution in [3.05, 3.63) is 0 Å². The molecule has 0 aromatic carbocycles. The molecule has 1 saturated heterocycles. The summed E-state index contributed by atoms with van der Waals surface area (Å²) in [4.78, 5) is 4.27. The van der Waals surface area contributed by atoms with Crippen LogP contribution in [0.25, 0.3) is 0 Å². The summed E-state index contributed by atoms with van der Waals surface area (Å²) in [6.45, 7) is 9.49. The molecule has 1 aliphatic heterocycles. The van der Waals surface area contributed by atoms with Crippen molar-refractivity contribution < 1.29 is 4.74 Å². The van der Waals surface area contributed by atoms with Crippen molar-refractivity contribution in [2.75, 3.05) is 26.8 Å². The third kappa shape index (κ3) is 6.24. The zero-order valence-electron chi connectivity index (χ0n) is 12.3. The number of rotatable bonds is 6. The summed E-state index contributed by atoms with van der Waals surface area (Å²) in [6.07, 6.45) is 3.60. The molecule has 0 radical (unpaired) electrons. The van der Waals surface area contributed by atoms with E-state index >= 15 is 0 Å². The Balaban J connectivity index is 2.19. The van der Waals surface area contributed by atoms with Gasteiger partial charge in [-0.15, -0.1) is 0 Å². The minimum Gasteiger partial charge on any atom is -0.381 e. The fraction of sp³-hybridized carbons (Fsp3) is 0.929. The molecule has 2 atom stereocenters. The molecule has 0 spiro atoms. The van der Waals surface area contributed by atoms with Gasteiger partial charge >= 0.3 is 0 Å². The Morgan fingerprint density at radius 3 is 2.67 bits per heavy atom. The van der Waals surface area contributed by atoms with Gasteiger partial charge in [0.05, 0.1) is 6.61 Å². The minimum absolute atomic E-state index is 0.471. The number of nitrogens with one attached hydrogen (secondary N) is 2. The SMILES string of the molecule is CN=C(NCC1CCOC1)NC(C)CCC(C)C. The average Bonchev–Trinajstić information content (AvgIpc) is 2.84. The maximum atomic E-state index is 5.37. The topological polar surface area (TPSA) is 45.7 Å². The summed E-state index contributed by atoms with van der Waals surface area (Å²) in [5.74, 6) is 2.31. The van der Waals surface area contributed by atoms with Crippen LogP contribution in [0.1, 0.15) is 40.0 Å². The number of hydrogen-bond acceptors (Lipinski definition) is 2. The van der Waals surface area contributed by atoms with Crippen LogP contribution < -0.4 is 10.6 Å². The van der Waals surface area contributed by atoms with Crippen molar-refractivity contribution in [1.82, 2.24) is 10.6 Å². The third-order valence-electron chi connectivity index (χ3n) is 3.37. The molecular formula is C14H29N3O. The van der Waals surface area contributed by atoms with E-state index < -0.39 is 0 Å². The van der Waals surface area contributed by atoms with E-state index in [4.69, 9.17) is 4.74 Å². The van der Waals surface area contributed by atoms with Gasteiger partial charge < -0.3 is 15.4 Å². The van der Waals surface area contributed by atoms with Gasteiger partial charge in [0.15, 0.2) is 5.96 Å². The highest BCUT2D eigenvalue weighted by Crippen LogP contribution is 2.10. The fourth-order valence-corrected chi connectivity index (χ4v) is 2.07. The van der Waals surface area contributed by atoms with E-state index in [1.54, 1.807) is 0 Å². The molecule has 0 saturated carbocycles. The molecule has 1 aliphatic rings. The van der Waals surface area contributed by atoms with Gasteiger partial charge in [0.25, 0.3) is 0 Å². The van der Waals surface area contributed by atoms with Crippen LogP contribution in [-0.2, 0) is 4.74 Å². The Kier molecular flexibility index (Phi) is 7.09. The Morgan fingerprint density at radius 2 is 2.11 bits per heavy atom. The van der Waals surface area contributed by atoms with Crippen LogP contribution in [0, 0.1) is 11.8 Å². The smallest absolute Gasteiger partial charge is 0.191 e. The van der Waals surface area contributed by atoms with Gasteiger partial charge in [-0.2, -0.15) is 0 Å². The Bertz CT molecular complexity index is 247. The molecule has 0 aliphatic carbocycles. The molecule has 1 rings (SSSR count). The second-order valence-corrected chi connectivity index (χ2v) is 5.70. The van der Waals surface area contributed by atoms with E-state index in [9.17, 15) is 0 Å². The van der Waals surface area contributed by atoms with Gasteiger partial charge in [-0.1, -0.05) is 13.8 Å². The van der Waals surface area contributed by atoms with E-state index in [1.807, 2.05) is 7.05 Å². The highest BCUT2D eigenvalue weighted by Gasteiger charge is 2.16. The first kappa shape index (κ1) is 15.3.